The molecule has 1 saturated carbocycles. The molecule has 4 rings (SSSR count). The monoisotopic (exact) mass is 411 g/mol. The first kappa shape index (κ1) is 14.9. The Morgan fingerprint density at radius 2 is 2.00 bits per heavy atom. The van der Waals surface area contributed by atoms with Gasteiger partial charge in [0.15, 0.2) is 0 Å². The minimum absolute atomic E-state index is 0. The molecule has 6 heteroatoms. The van der Waals surface area contributed by atoms with Crippen LogP contribution in [0.4, 0.5) is 5.95 Å². The van der Waals surface area contributed by atoms with E-state index in [2.05, 4.69) is 25.8 Å². The van der Waals surface area contributed by atoms with Crippen molar-refractivity contribution < 1.29 is 26.7 Å². The second-order valence-electron chi connectivity index (χ2n) is 5.47. The van der Waals surface area contributed by atoms with Crippen molar-refractivity contribution in [3.05, 3.63) is 52.8 Å². The Morgan fingerprint density at radius 1 is 1.29 bits per heavy atom. The lowest BCUT2D eigenvalue weighted by atomic mass is 10.0. The third-order valence-corrected chi connectivity index (χ3v) is 4.55. The maximum atomic E-state index is 11.3. The number of halogens is 2. The second kappa shape index (κ2) is 5.34. The van der Waals surface area contributed by atoms with Crippen LogP contribution in [0, 0.1) is 0 Å². The third kappa shape index (κ3) is 2.39. The van der Waals surface area contributed by atoms with Crippen LogP contribution in [0.2, 0.25) is 0 Å². The lowest BCUT2D eigenvalue weighted by molar-refractivity contribution is -0.685. The molecule has 0 radical (unpaired) electrons. The first-order chi connectivity index (χ1) is 9.68. The Kier molecular flexibility index (Phi) is 3.80. The predicted octanol–water partition coefficient (Wildman–Crippen LogP) is -1.04. The highest BCUT2D eigenvalue weighted by molar-refractivity contribution is 9.10. The van der Waals surface area contributed by atoms with Gasteiger partial charge in [-0.3, -0.25) is 0 Å². The molecule has 0 spiro atoms. The van der Waals surface area contributed by atoms with Crippen LogP contribution >= 0.6 is 15.9 Å². The summed E-state index contributed by atoms with van der Waals surface area (Å²) in [5, 5.41) is 11.3. The van der Waals surface area contributed by atoms with Crippen molar-refractivity contribution in [2.24, 2.45) is 0 Å². The van der Waals surface area contributed by atoms with Gasteiger partial charge in [0.1, 0.15) is 12.7 Å². The highest BCUT2D eigenvalue weighted by Gasteiger charge is 2.57. The summed E-state index contributed by atoms with van der Waals surface area (Å²) < 4.78 is 3.05. The Morgan fingerprint density at radius 3 is 2.67 bits per heavy atom. The molecule has 1 N–H and O–H groups in total. The van der Waals surface area contributed by atoms with Crippen molar-refractivity contribution in [3.63, 3.8) is 0 Å². The lowest BCUT2D eigenvalue weighted by Gasteiger charge is -2.28. The zero-order valence-corrected chi connectivity index (χ0v) is 14.5. The molecule has 110 valence electrons. The van der Waals surface area contributed by atoms with Crippen molar-refractivity contribution in [2.75, 3.05) is 4.90 Å². The summed E-state index contributed by atoms with van der Waals surface area (Å²) in [7, 11) is 0. The quantitative estimate of drug-likeness (QED) is 0.641. The molecule has 1 fully saturated rings. The van der Waals surface area contributed by atoms with Gasteiger partial charge in [0.25, 0.3) is 0 Å². The van der Waals surface area contributed by atoms with Crippen LogP contribution in [0.5, 0.6) is 0 Å². The summed E-state index contributed by atoms with van der Waals surface area (Å²) in [6, 6.07) is 10.2. The molecule has 4 nitrogen and oxygen atoms in total. The molecule has 0 amide bonds. The van der Waals surface area contributed by atoms with Gasteiger partial charge in [-0.2, -0.15) is 0 Å². The summed E-state index contributed by atoms with van der Waals surface area (Å²) in [6.07, 6.45) is 6.01. The zero-order valence-electron chi connectivity index (χ0n) is 11.3. The van der Waals surface area contributed by atoms with E-state index in [1.165, 1.54) is 0 Å². The summed E-state index contributed by atoms with van der Waals surface area (Å²) in [5.41, 5.74) is -0.0819. The second-order valence-corrected chi connectivity index (χ2v) is 6.39. The van der Waals surface area contributed by atoms with E-state index in [4.69, 9.17) is 0 Å². The number of rotatable bonds is 2. The summed E-state index contributed by atoms with van der Waals surface area (Å²) in [6.45, 7) is 0.522. The van der Waals surface area contributed by atoms with E-state index in [-0.39, 0.29) is 17.0 Å². The maximum absolute atomic E-state index is 11.3. The molecular formula is C15H15Br2N3O. The van der Waals surface area contributed by atoms with Gasteiger partial charge >= 0.3 is 5.95 Å². The van der Waals surface area contributed by atoms with E-state index in [1.807, 2.05) is 41.1 Å². The van der Waals surface area contributed by atoms with E-state index in [0.717, 1.165) is 28.8 Å². The van der Waals surface area contributed by atoms with Crippen LogP contribution in [0.3, 0.4) is 0 Å². The van der Waals surface area contributed by atoms with Crippen molar-refractivity contribution in [3.8, 4) is 0 Å². The Labute approximate surface area is 142 Å². The van der Waals surface area contributed by atoms with Crippen LogP contribution in [0.25, 0.3) is 0 Å². The molecule has 1 aliphatic carbocycles. The maximum Gasteiger partial charge on any atom is 0.397 e. The van der Waals surface area contributed by atoms with Crippen molar-refractivity contribution in [1.82, 2.24) is 4.98 Å². The van der Waals surface area contributed by atoms with Gasteiger partial charge in [0, 0.05) is 16.1 Å². The van der Waals surface area contributed by atoms with Crippen LogP contribution < -0.4 is 26.4 Å². The number of nitrogens with zero attached hydrogens (tertiary/aromatic N) is 3. The smallest absolute Gasteiger partial charge is 0.397 e. The van der Waals surface area contributed by atoms with Crippen LogP contribution in [0.15, 0.2) is 47.2 Å². The number of benzene rings is 1. The molecule has 1 aromatic heterocycles. The van der Waals surface area contributed by atoms with Crippen molar-refractivity contribution in [1.29, 1.82) is 0 Å². The molecule has 2 heterocycles. The minimum atomic E-state index is -0.997. The molecule has 0 bridgehead atoms. The lowest BCUT2D eigenvalue weighted by Crippen LogP contribution is -3.00. The van der Waals surface area contributed by atoms with Gasteiger partial charge in [-0.25, -0.2) is 9.47 Å². The third-order valence-electron chi connectivity index (χ3n) is 4.02. The van der Waals surface area contributed by atoms with E-state index < -0.39 is 5.72 Å². The molecule has 1 aromatic carbocycles. The number of aliphatic hydroxyl groups is 1. The normalized spacial score (nSPS) is 23.6. The van der Waals surface area contributed by atoms with Crippen LogP contribution in [-0.4, -0.2) is 16.1 Å². The minimum Gasteiger partial charge on any atom is -1.00 e. The molecule has 0 saturated heterocycles. The zero-order chi connectivity index (χ0) is 13.7. The largest absolute Gasteiger partial charge is 1.00 e. The van der Waals surface area contributed by atoms with E-state index in [0.29, 0.717) is 12.6 Å². The first-order valence-electron chi connectivity index (χ1n) is 6.81. The fourth-order valence-electron chi connectivity index (χ4n) is 2.94. The highest BCUT2D eigenvalue weighted by Crippen LogP contribution is 2.42. The fourth-order valence-corrected chi connectivity index (χ4v) is 3.21. The van der Waals surface area contributed by atoms with Crippen LogP contribution in [0.1, 0.15) is 18.4 Å². The van der Waals surface area contributed by atoms with Crippen molar-refractivity contribution in [2.45, 2.75) is 31.2 Å². The number of aromatic nitrogens is 2. The summed E-state index contributed by atoms with van der Waals surface area (Å²) in [4.78, 5) is 6.54. The van der Waals surface area contributed by atoms with Gasteiger partial charge in [-0.1, -0.05) is 33.0 Å². The molecule has 1 atom stereocenters. The van der Waals surface area contributed by atoms with E-state index in [9.17, 15) is 5.11 Å². The number of fused-ring (bicyclic) bond motifs is 1. The Hall–Kier alpha value is -0.980. The average Bonchev–Trinajstić information content (AvgIpc) is 3.22. The first-order valence-corrected chi connectivity index (χ1v) is 7.60. The van der Waals surface area contributed by atoms with Gasteiger partial charge in [0.2, 0.25) is 5.72 Å². The fraction of sp³-hybridized carbons (Fsp3) is 0.333. The summed E-state index contributed by atoms with van der Waals surface area (Å²) in [5.74, 6) is 0.861. The Balaban J connectivity index is 0.00000132. The SMILES string of the molecule is OC1(c2ccc(Br)cc2)C[n+]2cccnc2N1C1CC1.[Br-]. The predicted molar refractivity (Wildman–Crippen MR) is 78.0 cm³/mol. The molecular weight excluding hydrogens is 398 g/mol. The summed E-state index contributed by atoms with van der Waals surface area (Å²) >= 11 is 3.44. The highest BCUT2D eigenvalue weighted by atomic mass is 79.9. The van der Waals surface area contributed by atoms with Gasteiger partial charge < -0.3 is 22.1 Å². The number of hydrogen-bond acceptors (Lipinski definition) is 3. The number of anilines is 1. The van der Waals surface area contributed by atoms with Crippen molar-refractivity contribution >= 4 is 21.9 Å². The molecule has 1 unspecified atom stereocenters. The van der Waals surface area contributed by atoms with Crippen LogP contribution in [-0.2, 0) is 12.3 Å². The van der Waals surface area contributed by atoms with Gasteiger partial charge in [-0.05, 0) is 25.0 Å². The molecule has 2 aliphatic rings. The van der Waals surface area contributed by atoms with E-state index >= 15 is 0 Å². The average molecular weight is 413 g/mol. The molecule has 21 heavy (non-hydrogen) atoms. The standard InChI is InChI=1S/C15H15BrN3O.BrH/c16-12-4-2-11(3-5-12)15(20)10-18-9-1-8-17-14(18)19(15)13-6-7-13;/h1-5,8-9,13,20H,6-7,10H2;1H/q+1;/p-1. The Bertz CT molecular complexity index is 660. The van der Waals surface area contributed by atoms with Gasteiger partial charge in [0.05, 0.1) is 12.2 Å². The number of hydrogen-bond donors (Lipinski definition) is 1. The van der Waals surface area contributed by atoms with Gasteiger partial charge in [-0.15, -0.1) is 0 Å². The molecule has 2 aromatic rings. The van der Waals surface area contributed by atoms with E-state index in [1.54, 1.807) is 6.20 Å². The topological polar surface area (TPSA) is 40.2 Å². The molecule has 1 aliphatic heterocycles.